The molecule has 0 bridgehead atoms. The van der Waals surface area contributed by atoms with Gasteiger partial charge in [0.1, 0.15) is 5.60 Å². The Kier molecular flexibility index (Phi) is 7.38. The number of carbonyl (C=O) groups excluding carboxylic acids is 2. The zero-order chi connectivity index (χ0) is 22.7. The van der Waals surface area contributed by atoms with Crippen molar-refractivity contribution in [2.45, 2.75) is 71.4 Å². The number of H-pyrrole nitrogens is 1. The molecule has 8 nitrogen and oxygen atoms in total. The summed E-state index contributed by atoms with van der Waals surface area (Å²) in [5.74, 6) is -1.15. The second-order valence-corrected chi connectivity index (χ2v) is 8.05. The number of aromatic amines is 1. The smallest absolute Gasteiger partial charge is 0.435 e. The highest BCUT2D eigenvalue weighted by molar-refractivity contribution is 5.91. The normalized spacial score (nSPS) is 20.2. The molecule has 0 saturated carbocycles. The molecule has 2 amide bonds. The Balaban J connectivity index is 2.09. The van der Waals surface area contributed by atoms with Crippen LogP contribution in [0.4, 0.5) is 18.0 Å². The van der Waals surface area contributed by atoms with Gasteiger partial charge >= 0.3 is 12.3 Å². The standard InChI is InChI=1S/C19H29F3N4O4/c1-6-11-14(19(20,21)22)25-15(23-11)16(27)24-12-8-9-26(10-13(12)29-7-2)17(28)30-18(3,4)5/h12-13H,6-10H2,1-5H3,(H,23,25)(H,24,27). The number of imidazole rings is 1. The van der Waals surface area contributed by atoms with Gasteiger partial charge in [0.05, 0.1) is 18.7 Å². The van der Waals surface area contributed by atoms with Crippen LogP contribution in [0.3, 0.4) is 0 Å². The highest BCUT2D eigenvalue weighted by Gasteiger charge is 2.39. The Hall–Kier alpha value is -2.30. The van der Waals surface area contributed by atoms with Crippen LogP contribution in [-0.2, 0) is 22.1 Å². The van der Waals surface area contributed by atoms with Crippen LogP contribution in [0.2, 0.25) is 0 Å². The zero-order valence-electron chi connectivity index (χ0n) is 17.9. The number of nitrogens with one attached hydrogen (secondary N) is 2. The molecule has 0 aliphatic carbocycles. The van der Waals surface area contributed by atoms with E-state index in [0.717, 1.165) is 0 Å². The van der Waals surface area contributed by atoms with Gasteiger partial charge in [0.15, 0.2) is 11.5 Å². The van der Waals surface area contributed by atoms with Crippen molar-refractivity contribution in [2.75, 3.05) is 19.7 Å². The van der Waals surface area contributed by atoms with Crippen molar-refractivity contribution < 1.29 is 32.2 Å². The number of carbonyl (C=O) groups is 2. The predicted molar refractivity (Wildman–Crippen MR) is 102 cm³/mol. The van der Waals surface area contributed by atoms with E-state index in [4.69, 9.17) is 9.47 Å². The molecule has 11 heteroatoms. The molecule has 2 heterocycles. The van der Waals surface area contributed by atoms with E-state index < -0.39 is 47.4 Å². The Morgan fingerprint density at radius 3 is 2.43 bits per heavy atom. The summed E-state index contributed by atoms with van der Waals surface area (Å²) in [6.45, 7) is 9.47. The number of hydrogen-bond donors (Lipinski definition) is 2. The van der Waals surface area contributed by atoms with Crippen molar-refractivity contribution in [3.63, 3.8) is 0 Å². The number of halogens is 3. The number of rotatable bonds is 5. The summed E-state index contributed by atoms with van der Waals surface area (Å²) in [5.41, 5.74) is -1.87. The van der Waals surface area contributed by atoms with E-state index >= 15 is 0 Å². The van der Waals surface area contributed by atoms with Crippen LogP contribution < -0.4 is 5.32 Å². The first-order chi connectivity index (χ1) is 13.9. The van der Waals surface area contributed by atoms with E-state index in [1.54, 1.807) is 34.6 Å². The summed E-state index contributed by atoms with van der Waals surface area (Å²) in [4.78, 5) is 32.3. The Bertz CT molecular complexity index is 758. The molecule has 1 fully saturated rings. The van der Waals surface area contributed by atoms with Gasteiger partial charge in [-0.1, -0.05) is 6.92 Å². The second kappa shape index (κ2) is 9.23. The van der Waals surface area contributed by atoms with E-state index in [1.807, 2.05) is 0 Å². The van der Waals surface area contributed by atoms with Gasteiger partial charge in [-0.25, -0.2) is 9.78 Å². The lowest BCUT2D eigenvalue weighted by molar-refractivity contribution is -0.141. The molecule has 1 aromatic heterocycles. The van der Waals surface area contributed by atoms with Crippen LogP contribution in [-0.4, -0.2) is 64.3 Å². The van der Waals surface area contributed by atoms with E-state index in [1.165, 1.54) is 4.90 Å². The highest BCUT2D eigenvalue weighted by Crippen LogP contribution is 2.30. The lowest BCUT2D eigenvalue weighted by Crippen LogP contribution is -2.57. The first-order valence-electron chi connectivity index (χ1n) is 9.92. The number of amides is 2. The largest absolute Gasteiger partial charge is 0.444 e. The van der Waals surface area contributed by atoms with E-state index in [2.05, 4.69) is 15.3 Å². The van der Waals surface area contributed by atoms with E-state index in [9.17, 15) is 22.8 Å². The van der Waals surface area contributed by atoms with Crippen molar-refractivity contribution in [1.82, 2.24) is 20.2 Å². The van der Waals surface area contributed by atoms with Crippen LogP contribution in [0, 0.1) is 0 Å². The topological polar surface area (TPSA) is 96.6 Å². The third-order valence-corrected chi connectivity index (χ3v) is 4.52. The molecule has 2 unspecified atom stereocenters. The quantitative estimate of drug-likeness (QED) is 0.742. The van der Waals surface area contributed by atoms with E-state index in [-0.39, 0.29) is 18.7 Å². The minimum absolute atomic E-state index is 0.0605. The van der Waals surface area contributed by atoms with Gasteiger partial charge in [-0.3, -0.25) is 4.79 Å². The van der Waals surface area contributed by atoms with Crippen molar-refractivity contribution >= 4 is 12.0 Å². The maximum Gasteiger partial charge on any atom is 0.435 e. The maximum atomic E-state index is 13.1. The van der Waals surface area contributed by atoms with Gasteiger partial charge in [0, 0.05) is 18.8 Å². The number of ether oxygens (including phenoxy) is 2. The number of likely N-dealkylation sites (tertiary alicyclic amines) is 1. The van der Waals surface area contributed by atoms with Crippen LogP contribution in [0.25, 0.3) is 0 Å². The Morgan fingerprint density at radius 1 is 1.27 bits per heavy atom. The summed E-state index contributed by atoms with van der Waals surface area (Å²) in [7, 11) is 0. The fraction of sp³-hybridized carbons (Fsp3) is 0.737. The minimum atomic E-state index is -4.65. The van der Waals surface area contributed by atoms with Crippen molar-refractivity contribution in [1.29, 1.82) is 0 Å². The van der Waals surface area contributed by atoms with E-state index in [0.29, 0.717) is 19.6 Å². The summed E-state index contributed by atoms with van der Waals surface area (Å²) >= 11 is 0. The monoisotopic (exact) mass is 434 g/mol. The molecule has 0 aromatic carbocycles. The van der Waals surface area contributed by atoms with Crippen LogP contribution in [0.15, 0.2) is 0 Å². The molecule has 30 heavy (non-hydrogen) atoms. The van der Waals surface area contributed by atoms with Crippen LogP contribution >= 0.6 is 0 Å². The van der Waals surface area contributed by atoms with Crippen molar-refractivity contribution in [3.05, 3.63) is 17.2 Å². The number of hydrogen-bond acceptors (Lipinski definition) is 5. The molecule has 0 radical (unpaired) electrons. The molecule has 170 valence electrons. The van der Waals surface area contributed by atoms with Gasteiger partial charge in [0.25, 0.3) is 5.91 Å². The summed E-state index contributed by atoms with van der Waals surface area (Å²) in [5, 5.41) is 2.69. The number of alkyl halides is 3. The van der Waals surface area contributed by atoms with Gasteiger partial charge in [0.2, 0.25) is 0 Å². The van der Waals surface area contributed by atoms with Gasteiger partial charge in [-0.2, -0.15) is 13.2 Å². The molecule has 2 atom stereocenters. The lowest BCUT2D eigenvalue weighted by atomic mass is 10.0. The summed E-state index contributed by atoms with van der Waals surface area (Å²) < 4.78 is 50.3. The fourth-order valence-electron chi connectivity index (χ4n) is 3.20. The number of aromatic nitrogens is 2. The SMILES string of the molecule is CCOC1CN(C(=O)OC(C)(C)C)CCC1NC(=O)c1nc(C(F)(F)F)c(CC)[nH]1. The molecule has 0 spiro atoms. The zero-order valence-corrected chi connectivity index (χ0v) is 17.9. The van der Waals surface area contributed by atoms with Crippen LogP contribution in [0.5, 0.6) is 0 Å². The van der Waals surface area contributed by atoms with Gasteiger partial charge in [-0.15, -0.1) is 0 Å². The predicted octanol–water partition coefficient (Wildman–Crippen LogP) is 3.14. The molecular weight excluding hydrogens is 405 g/mol. The van der Waals surface area contributed by atoms with Gasteiger partial charge in [-0.05, 0) is 40.5 Å². The molecule has 2 rings (SSSR count). The number of aryl methyl sites for hydroxylation is 1. The average molecular weight is 434 g/mol. The Labute approximate surface area is 173 Å². The molecule has 1 aliphatic rings. The third kappa shape index (κ3) is 6.10. The molecule has 1 aromatic rings. The lowest BCUT2D eigenvalue weighted by Gasteiger charge is -2.38. The Morgan fingerprint density at radius 2 is 1.93 bits per heavy atom. The van der Waals surface area contributed by atoms with Gasteiger partial charge < -0.3 is 24.7 Å². The molecule has 1 aliphatic heterocycles. The summed E-state index contributed by atoms with van der Waals surface area (Å²) in [6.07, 6.45) is -5.23. The summed E-state index contributed by atoms with van der Waals surface area (Å²) in [6, 6.07) is -0.486. The first kappa shape index (κ1) is 24.0. The fourth-order valence-corrected chi connectivity index (χ4v) is 3.20. The first-order valence-corrected chi connectivity index (χ1v) is 9.92. The van der Waals surface area contributed by atoms with Crippen molar-refractivity contribution in [2.24, 2.45) is 0 Å². The number of piperidine rings is 1. The molecule has 1 saturated heterocycles. The molecular formula is C19H29F3N4O4. The maximum absolute atomic E-state index is 13.1. The van der Waals surface area contributed by atoms with Crippen LogP contribution in [0.1, 0.15) is 63.0 Å². The average Bonchev–Trinajstić information content (AvgIpc) is 3.07. The molecule has 2 N–H and O–H groups in total. The third-order valence-electron chi connectivity index (χ3n) is 4.52. The minimum Gasteiger partial charge on any atom is -0.444 e. The van der Waals surface area contributed by atoms with Crippen molar-refractivity contribution in [3.8, 4) is 0 Å². The highest BCUT2D eigenvalue weighted by atomic mass is 19.4. The second-order valence-electron chi connectivity index (χ2n) is 8.05. The number of nitrogens with zero attached hydrogens (tertiary/aromatic N) is 2.